The topological polar surface area (TPSA) is 54.0 Å². The molecule has 2 heterocycles. The number of carbonyl (C=O) groups excluding carboxylic acids is 1. The second-order valence-electron chi connectivity index (χ2n) is 4.43. The van der Waals surface area contributed by atoms with Crippen molar-refractivity contribution in [1.29, 1.82) is 0 Å². The molecule has 0 bridgehead atoms. The number of rotatable bonds is 4. The number of piperidine rings is 1. The number of hydrogen-bond acceptors (Lipinski definition) is 4. The number of carbonyl (C=O) groups is 1. The molecule has 17 heavy (non-hydrogen) atoms. The van der Waals surface area contributed by atoms with E-state index >= 15 is 0 Å². The molecule has 0 aromatic carbocycles. The standard InChI is InChI=1S/C12H19N3OS/c1-9-8-17-11(15-9)5-7-14-12(16)10-4-2-3-6-13-10/h8,10,13H,2-7H2,1H3,(H,14,16)/t10-/m0/s1. The Morgan fingerprint density at radius 2 is 2.53 bits per heavy atom. The van der Waals surface area contributed by atoms with Crippen molar-refractivity contribution < 1.29 is 4.79 Å². The van der Waals surface area contributed by atoms with E-state index < -0.39 is 0 Å². The fourth-order valence-electron chi connectivity index (χ4n) is 2.01. The molecule has 1 amide bonds. The summed E-state index contributed by atoms with van der Waals surface area (Å²) in [4.78, 5) is 16.2. The number of nitrogens with zero attached hydrogens (tertiary/aromatic N) is 1. The molecule has 1 fully saturated rings. The number of thiazole rings is 1. The number of aromatic nitrogens is 1. The third-order valence-electron chi connectivity index (χ3n) is 2.93. The molecule has 5 heteroatoms. The monoisotopic (exact) mass is 253 g/mol. The lowest BCUT2D eigenvalue weighted by molar-refractivity contribution is -0.123. The fourth-order valence-corrected chi connectivity index (χ4v) is 2.78. The van der Waals surface area contributed by atoms with Gasteiger partial charge >= 0.3 is 0 Å². The van der Waals surface area contributed by atoms with Crippen molar-refractivity contribution in [1.82, 2.24) is 15.6 Å². The maximum absolute atomic E-state index is 11.8. The first kappa shape index (κ1) is 12.5. The molecule has 2 N–H and O–H groups in total. The minimum atomic E-state index is 0.0155. The summed E-state index contributed by atoms with van der Waals surface area (Å²) in [6, 6.07) is 0.0155. The van der Waals surface area contributed by atoms with E-state index in [1.807, 2.05) is 12.3 Å². The van der Waals surface area contributed by atoms with Gasteiger partial charge in [0.25, 0.3) is 0 Å². The lowest BCUT2D eigenvalue weighted by Gasteiger charge is -2.22. The van der Waals surface area contributed by atoms with Crippen LogP contribution in [0, 0.1) is 6.92 Å². The van der Waals surface area contributed by atoms with E-state index in [-0.39, 0.29) is 11.9 Å². The van der Waals surface area contributed by atoms with Crippen LogP contribution >= 0.6 is 11.3 Å². The molecule has 0 saturated carbocycles. The molecule has 1 aliphatic heterocycles. The summed E-state index contributed by atoms with van der Waals surface area (Å²) < 4.78 is 0. The zero-order valence-corrected chi connectivity index (χ0v) is 11.0. The van der Waals surface area contributed by atoms with Crippen LogP contribution in [-0.4, -0.2) is 30.0 Å². The van der Waals surface area contributed by atoms with Crippen molar-refractivity contribution in [3.63, 3.8) is 0 Å². The van der Waals surface area contributed by atoms with Crippen molar-refractivity contribution in [2.45, 2.75) is 38.6 Å². The molecular weight excluding hydrogens is 234 g/mol. The summed E-state index contributed by atoms with van der Waals surface area (Å²) in [6.45, 7) is 3.64. The van der Waals surface area contributed by atoms with Gasteiger partial charge in [0, 0.05) is 24.0 Å². The van der Waals surface area contributed by atoms with Gasteiger partial charge in [-0.25, -0.2) is 4.98 Å². The minimum Gasteiger partial charge on any atom is -0.354 e. The van der Waals surface area contributed by atoms with E-state index in [9.17, 15) is 4.79 Å². The van der Waals surface area contributed by atoms with Gasteiger partial charge in [-0.05, 0) is 26.3 Å². The molecule has 0 aliphatic carbocycles. The van der Waals surface area contributed by atoms with Crippen LogP contribution in [0.15, 0.2) is 5.38 Å². The van der Waals surface area contributed by atoms with Crippen LogP contribution in [0.5, 0.6) is 0 Å². The van der Waals surface area contributed by atoms with Gasteiger partial charge in [0.05, 0.1) is 11.0 Å². The summed E-state index contributed by atoms with van der Waals surface area (Å²) in [5, 5.41) is 9.36. The Morgan fingerprint density at radius 3 is 3.18 bits per heavy atom. The van der Waals surface area contributed by atoms with Crippen LogP contribution in [0.1, 0.15) is 30.0 Å². The SMILES string of the molecule is Cc1csc(CCNC(=O)[C@@H]2CCCCN2)n1. The third-order valence-corrected chi connectivity index (χ3v) is 3.96. The van der Waals surface area contributed by atoms with Gasteiger partial charge in [0.2, 0.25) is 5.91 Å². The summed E-state index contributed by atoms with van der Waals surface area (Å²) in [5.74, 6) is 0.137. The van der Waals surface area contributed by atoms with E-state index in [2.05, 4.69) is 15.6 Å². The largest absolute Gasteiger partial charge is 0.354 e. The lowest BCUT2D eigenvalue weighted by atomic mass is 10.0. The summed E-state index contributed by atoms with van der Waals surface area (Å²) >= 11 is 1.66. The van der Waals surface area contributed by atoms with E-state index in [4.69, 9.17) is 0 Å². The molecule has 1 saturated heterocycles. The Balaban J connectivity index is 1.69. The van der Waals surface area contributed by atoms with Crippen molar-refractivity contribution in [2.75, 3.05) is 13.1 Å². The molecule has 1 aromatic rings. The van der Waals surface area contributed by atoms with E-state index in [0.29, 0.717) is 6.54 Å². The first-order valence-electron chi connectivity index (χ1n) is 6.18. The van der Waals surface area contributed by atoms with Crippen molar-refractivity contribution in [2.24, 2.45) is 0 Å². The van der Waals surface area contributed by atoms with Crippen LogP contribution < -0.4 is 10.6 Å². The van der Waals surface area contributed by atoms with Gasteiger partial charge in [-0.15, -0.1) is 11.3 Å². The van der Waals surface area contributed by atoms with Crippen molar-refractivity contribution in [3.05, 3.63) is 16.1 Å². The molecule has 0 spiro atoms. The maximum atomic E-state index is 11.8. The van der Waals surface area contributed by atoms with Crippen molar-refractivity contribution >= 4 is 17.2 Å². The quantitative estimate of drug-likeness (QED) is 0.849. The van der Waals surface area contributed by atoms with Gasteiger partial charge in [0.15, 0.2) is 0 Å². The highest BCUT2D eigenvalue weighted by molar-refractivity contribution is 7.09. The van der Waals surface area contributed by atoms with Gasteiger partial charge in [-0.2, -0.15) is 0 Å². The first-order valence-corrected chi connectivity index (χ1v) is 7.06. The third kappa shape index (κ3) is 3.78. The Morgan fingerprint density at radius 1 is 1.65 bits per heavy atom. The van der Waals surface area contributed by atoms with Crippen molar-refractivity contribution in [3.8, 4) is 0 Å². The first-order chi connectivity index (χ1) is 8.25. The van der Waals surface area contributed by atoms with Crippen LogP contribution in [0.25, 0.3) is 0 Å². The van der Waals surface area contributed by atoms with Crippen LogP contribution in [0.3, 0.4) is 0 Å². The number of amides is 1. The average molecular weight is 253 g/mol. The Kier molecular flexibility index (Phi) is 4.50. The second kappa shape index (κ2) is 6.12. The molecule has 94 valence electrons. The number of nitrogens with one attached hydrogen (secondary N) is 2. The molecule has 2 rings (SSSR count). The van der Waals surface area contributed by atoms with Gasteiger partial charge < -0.3 is 10.6 Å². The van der Waals surface area contributed by atoms with Gasteiger partial charge in [-0.1, -0.05) is 6.42 Å². The molecule has 1 atom stereocenters. The lowest BCUT2D eigenvalue weighted by Crippen LogP contribution is -2.47. The van der Waals surface area contributed by atoms with Gasteiger partial charge in [-0.3, -0.25) is 4.79 Å². The number of hydrogen-bond donors (Lipinski definition) is 2. The predicted molar refractivity (Wildman–Crippen MR) is 69.2 cm³/mol. The molecule has 1 aromatic heterocycles. The van der Waals surface area contributed by atoms with E-state index in [0.717, 1.165) is 36.5 Å². The summed E-state index contributed by atoms with van der Waals surface area (Å²) in [6.07, 6.45) is 4.12. The molecular formula is C12H19N3OS. The Labute approximate surface area is 106 Å². The van der Waals surface area contributed by atoms with Crippen LogP contribution in [0.4, 0.5) is 0 Å². The molecule has 4 nitrogen and oxygen atoms in total. The van der Waals surface area contributed by atoms with Gasteiger partial charge in [0.1, 0.15) is 0 Å². The smallest absolute Gasteiger partial charge is 0.237 e. The fraction of sp³-hybridized carbons (Fsp3) is 0.667. The van der Waals surface area contributed by atoms with Crippen LogP contribution in [0.2, 0.25) is 0 Å². The normalized spacial score (nSPS) is 20.2. The average Bonchev–Trinajstić information content (AvgIpc) is 2.76. The zero-order valence-electron chi connectivity index (χ0n) is 10.2. The Hall–Kier alpha value is -0.940. The van der Waals surface area contributed by atoms with E-state index in [1.165, 1.54) is 6.42 Å². The van der Waals surface area contributed by atoms with Crippen LogP contribution in [-0.2, 0) is 11.2 Å². The summed E-state index contributed by atoms with van der Waals surface area (Å²) in [5.41, 5.74) is 1.06. The minimum absolute atomic E-state index is 0.0155. The number of aryl methyl sites for hydroxylation is 1. The second-order valence-corrected chi connectivity index (χ2v) is 5.37. The summed E-state index contributed by atoms with van der Waals surface area (Å²) in [7, 11) is 0. The highest BCUT2D eigenvalue weighted by Gasteiger charge is 2.19. The van der Waals surface area contributed by atoms with E-state index in [1.54, 1.807) is 11.3 Å². The highest BCUT2D eigenvalue weighted by atomic mass is 32.1. The Bertz CT molecular complexity index is 372. The molecule has 0 unspecified atom stereocenters. The predicted octanol–water partition coefficient (Wildman–Crippen LogP) is 1.25. The molecule has 0 radical (unpaired) electrons. The zero-order chi connectivity index (χ0) is 12.1. The highest BCUT2D eigenvalue weighted by Crippen LogP contribution is 2.09. The molecule has 1 aliphatic rings. The maximum Gasteiger partial charge on any atom is 0.237 e.